The Balaban J connectivity index is 2.81. The van der Waals surface area contributed by atoms with Crippen molar-refractivity contribution < 1.29 is 4.79 Å². The zero-order chi connectivity index (χ0) is 12.3. The maximum absolute atomic E-state index is 11.7. The van der Waals surface area contributed by atoms with Gasteiger partial charge in [0.2, 0.25) is 0 Å². The highest BCUT2D eigenvalue weighted by molar-refractivity contribution is 9.10. The van der Waals surface area contributed by atoms with Crippen molar-refractivity contribution in [3.63, 3.8) is 0 Å². The molecular weight excluding hydrogens is 270 g/mol. The zero-order valence-corrected chi connectivity index (χ0v) is 11.5. The number of aryl methyl sites for hydroxylation is 2. The topological polar surface area (TPSA) is 60.9 Å². The lowest BCUT2D eigenvalue weighted by atomic mass is 10.1. The van der Waals surface area contributed by atoms with Gasteiger partial charge in [0.25, 0.3) is 0 Å². The SMILES string of the molecule is CCc1nn(C)c(CC(=O)CC(C)N)c1Br. The molecule has 1 atom stereocenters. The molecule has 4 nitrogen and oxygen atoms in total. The lowest BCUT2D eigenvalue weighted by Gasteiger charge is -2.05. The summed E-state index contributed by atoms with van der Waals surface area (Å²) in [5.41, 5.74) is 7.52. The average Bonchev–Trinajstić information content (AvgIpc) is 2.44. The minimum atomic E-state index is -0.0786. The molecule has 1 heterocycles. The van der Waals surface area contributed by atoms with Gasteiger partial charge in [-0.3, -0.25) is 9.48 Å². The van der Waals surface area contributed by atoms with Gasteiger partial charge in [0.1, 0.15) is 5.78 Å². The molecule has 0 fully saturated rings. The van der Waals surface area contributed by atoms with Crippen molar-refractivity contribution >= 4 is 21.7 Å². The average molecular weight is 288 g/mol. The monoisotopic (exact) mass is 287 g/mol. The molecule has 1 aromatic rings. The first-order chi connectivity index (χ1) is 7.45. The highest BCUT2D eigenvalue weighted by atomic mass is 79.9. The Bertz CT molecular complexity index is 385. The van der Waals surface area contributed by atoms with Crippen LogP contribution in [0.5, 0.6) is 0 Å². The molecule has 16 heavy (non-hydrogen) atoms. The van der Waals surface area contributed by atoms with E-state index in [1.54, 1.807) is 4.68 Å². The zero-order valence-electron chi connectivity index (χ0n) is 9.96. The van der Waals surface area contributed by atoms with Crippen LogP contribution in [-0.2, 0) is 24.7 Å². The van der Waals surface area contributed by atoms with Gasteiger partial charge in [-0.25, -0.2) is 0 Å². The predicted molar refractivity (Wildman–Crippen MR) is 67.3 cm³/mol. The number of carbonyl (C=O) groups excluding carboxylic acids is 1. The number of nitrogens with two attached hydrogens (primary N) is 1. The number of hydrogen-bond donors (Lipinski definition) is 1. The number of carbonyl (C=O) groups is 1. The largest absolute Gasteiger partial charge is 0.328 e. The molecule has 0 radical (unpaired) electrons. The fraction of sp³-hybridized carbons (Fsp3) is 0.636. The molecule has 0 saturated carbocycles. The normalized spacial score (nSPS) is 12.8. The van der Waals surface area contributed by atoms with Crippen molar-refractivity contribution in [3.8, 4) is 0 Å². The molecule has 5 heteroatoms. The molecule has 1 unspecified atom stereocenters. The number of halogens is 1. The van der Waals surface area contributed by atoms with Gasteiger partial charge in [0.15, 0.2) is 0 Å². The second-order valence-electron chi connectivity index (χ2n) is 4.08. The molecule has 0 saturated heterocycles. The molecule has 0 aliphatic carbocycles. The standard InChI is InChI=1S/C11H18BrN3O/c1-4-9-11(12)10(15(3)14-9)6-8(16)5-7(2)13/h7H,4-6,13H2,1-3H3. The van der Waals surface area contributed by atoms with Gasteiger partial charge >= 0.3 is 0 Å². The van der Waals surface area contributed by atoms with Gasteiger partial charge in [0.05, 0.1) is 15.9 Å². The number of hydrogen-bond acceptors (Lipinski definition) is 3. The molecule has 2 N–H and O–H groups in total. The molecule has 1 rings (SSSR count). The van der Waals surface area contributed by atoms with E-state index < -0.39 is 0 Å². The first-order valence-corrected chi connectivity index (χ1v) is 6.22. The van der Waals surface area contributed by atoms with E-state index in [0.29, 0.717) is 12.8 Å². The maximum atomic E-state index is 11.7. The van der Waals surface area contributed by atoms with Crippen molar-refractivity contribution in [2.24, 2.45) is 12.8 Å². The highest BCUT2D eigenvalue weighted by Crippen LogP contribution is 2.22. The molecule has 0 aromatic carbocycles. The van der Waals surface area contributed by atoms with Crippen LogP contribution in [0.15, 0.2) is 4.47 Å². The number of aromatic nitrogens is 2. The van der Waals surface area contributed by atoms with E-state index in [4.69, 9.17) is 5.73 Å². The van der Waals surface area contributed by atoms with E-state index in [0.717, 1.165) is 22.3 Å². The van der Waals surface area contributed by atoms with Crippen LogP contribution in [-0.4, -0.2) is 21.6 Å². The molecular formula is C11H18BrN3O. The number of Topliss-reactive ketones (excluding diaryl/α,β-unsaturated/α-hetero) is 1. The van der Waals surface area contributed by atoms with E-state index in [9.17, 15) is 4.79 Å². The first-order valence-electron chi connectivity index (χ1n) is 5.43. The van der Waals surface area contributed by atoms with Crippen LogP contribution in [0, 0.1) is 0 Å². The Hall–Kier alpha value is -0.680. The summed E-state index contributed by atoms with van der Waals surface area (Å²) in [5.74, 6) is 0.154. The van der Waals surface area contributed by atoms with Crippen molar-refractivity contribution in [2.45, 2.75) is 39.2 Å². The molecule has 0 aliphatic rings. The summed E-state index contributed by atoms with van der Waals surface area (Å²) >= 11 is 3.49. The predicted octanol–water partition coefficient (Wildman–Crippen LogP) is 1.59. The maximum Gasteiger partial charge on any atom is 0.140 e. The van der Waals surface area contributed by atoms with Gasteiger partial charge < -0.3 is 5.73 Å². The van der Waals surface area contributed by atoms with E-state index >= 15 is 0 Å². The smallest absolute Gasteiger partial charge is 0.140 e. The van der Waals surface area contributed by atoms with Crippen LogP contribution in [0.25, 0.3) is 0 Å². The van der Waals surface area contributed by atoms with Gasteiger partial charge in [-0.2, -0.15) is 5.10 Å². The first kappa shape index (κ1) is 13.4. The van der Waals surface area contributed by atoms with Crippen LogP contribution >= 0.6 is 15.9 Å². The fourth-order valence-corrected chi connectivity index (χ4v) is 2.39. The molecule has 0 spiro atoms. The van der Waals surface area contributed by atoms with Crippen LogP contribution in [0.3, 0.4) is 0 Å². The summed E-state index contributed by atoms with van der Waals surface area (Å²) in [7, 11) is 1.86. The third kappa shape index (κ3) is 3.15. The number of nitrogens with zero attached hydrogens (tertiary/aromatic N) is 2. The highest BCUT2D eigenvalue weighted by Gasteiger charge is 2.16. The quantitative estimate of drug-likeness (QED) is 0.895. The van der Waals surface area contributed by atoms with Gasteiger partial charge in [-0.15, -0.1) is 0 Å². The molecule has 90 valence electrons. The summed E-state index contributed by atoms with van der Waals surface area (Å²) < 4.78 is 2.72. The summed E-state index contributed by atoms with van der Waals surface area (Å²) in [5, 5.41) is 4.35. The minimum absolute atomic E-state index is 0.0786. The Morgan fingerprint density at radius 1 is 1.62 bits per heavy atom. The third-order valence-corrected chi connectivity index (χ3v) is 3.33. The second-order valence-corrected chi connectivity index (χ2v) is 4.87. The Kier molecular flexibility index (Phi) is 4.68. The molecule has 1 aromatic heterocycles. The lowest BCUT2D eigenvalue weighted by molar-refractivity contribution is -0.118. The third-order valence-electron chi connectivity index (χ3n) is 2.42. The Morgan fingerprint density at radius 3 is 2.69 bits per heavy atom. The van der Waals surface area contributed by atoms with E-state index in [1.165, 1.54) is 0 Å². The van der Waals surface area contributed by atoms with Crippen molar-refractivity contribution in [1.29, 1.82) is 0 Å². The Labute approximate surface area is 104 Å². The van der Waals surface area contributed by atoms with Gasteiger partial charge in [-0.1, -0.05) is 6.92 Å². The van der Waals surface area contributed by atoms with Crippen LogP contribution in [0.2, 0.25) is 0 Å². The number of rotatable bonds is 5. The van der Waals surface area contributed by atoms with Gasteiger partial charge in [0, 0.05) is 25.9 Å². The van der Waals surface area contributed by atoms with Crippen LogP contribution < -0.4 is 5.73 Å². The fourth-order valence-electron chi connectivity index (χ4n) is 1.63. The summed E-state index contributed by atoms with van der Waals surface area (Å²) in [6.07, 6.45) is 1.67. The Morgan fingerprint density at radius 2 is 2.25 bits per heavy atom. The van der Waals surface area contributed by atoms with E-state index in [1.807, 2.05) is 20.9 Å². The lowest BCUT2D eigenvalue weighted by Crippen LogP contribution is -2.21. The van der Waals surface area contributed by atoms with Gasteiger partial charge in [-0.05, 0) is 29.3 Å². The van der Waals surface area contributed by atoms with Crippen LogP contribution in [0.1, 0.15) is 31.7 Å². The molecule has 0 aliphatic heterocycles. The van der Waals surface area contributed by atoms with Crippen molar-refractivity contribution in [2.75, 3.05) is 0 Å². The van der Waals surface area contributed by atoms with Crippen LogP contribution in [0.4, 0.5) is 0 Å². The summed E-state index contributed by atoms with van der Waals surface area (Å²) in [6, 6.07) is -0.0786. The van der Waals surface area contributed by atoms with Crippen molar-refractivity contribution in [1.82, 2.24) is 9.78 Å². The molecule has 0 bridgehead atoms. The van der Waals surface area contributed by atoms with Crippen molar-refractivity contribution in [3.05, 3.63) is 15.9 Å². The number of ketones is 1. The summed E-state index contributed by atoms with van der Waals surface area (Å²) in [4.78, 5) is 11.7. The molecule has 0 amide bonds. The summed E-state index contributed by atoms with van der Waals surface area (Å²) in [6.45, 7) is 3.88. The van der Waals surface area contributed by atoms with E-state index in [-0.39, 0.29) is 11.8 Å². The second kappa shape index (κ2) is 5.59. The van der Waals surface area contributed by atoms with E-state index in [2.05, 4.69) is 21.0 Å². The minimum Gasteiger partial charge on any atom is -0.328 e.